The van der Waals surface area contributed by atoms with Gasteiger partial charge in [-0.1, -0.05) is 0 Å². The molecule has 1 aromatic heterocycles. The number of piperidine rings is 1. The molecular weight excluding hydrogens is 224 g/mol. The van der Waals surface area contributed by atoms with Crippen molar-refractivity contribution >= 4 is 0 Å². The molecule has 3 rings (SSSR count). The molecule has 0 radical (unpaired) electrons. The van der Waals surface area contributed by atoms with Crippen LogP contribution in [-0.2, 0) is 6.42 Å². The lowest BCUT2D eigenvalue weighted by Gasteiger charge is -2.43. The summed E-state index contributed by atoms with van der Waals surface area (Å²) in [4.78, 5) is 2.68. The summed E-state index contributed by atoms with van der Waals surface area (Å²) >= 11 is 0. The minimum atomic E-state index is 0.567. The van der Waals surface area contributed by atoms with Crippen LogP contribution < -0.4 is 5.73 Å². The van der Waals surface area contributed by atoms with Gasteiger partial charge in [0.1, 0.15) is 5.76 Å². The van der Waals surface area contributed by atoms with Crippen LogP contribution in [-0.4, -0.2) is 24.0 Å². The highest BCUT2D eigenvalue weighted by atomic mass is 16.3. The van der Waals surface area contributed by atoms with Crippen LogP contribution in [0.1, 0.15) is 50.0 Å². The Bertz CT molecular complexity index is 401. The number of rotatable bonds is 2. The average Bonchev–Trinajstić information content (AvgIpc) is 2.87. The molecule has 1 aromatic rings. The van der Waals surface area contributed by atoms with E-state index in [1.807, 2.05) is 6.26 Å². The average molecular weight is 248 g/mol. The highest BCUT2D eigenvalue weighted by Gasteiger charge is 2.34. The van der Waals surface area contributed by atoms with Crippen molar-refractivity contribution in [1.29, 1.82) is 0 Å². The third-order valence-corrected chi connectivity index (χ3v) is 4.78. The maximum Gasteiger partial charge on any atom is 0.108 e. The Morgan fingerprint density at radius 1 is 1.39 bits per heavy atom. The molecule has 0 aromatic carbocycles. The molecule has 3 nitrogen and oxygen atoms in total. The van der Waals surface area contributed by atoms with Crippen molar-refractivity contribution in [1.82, 2.24) is 4.90 Å². The standard InChI is InChI=1S/C15H24N2O/c1-11-5-6-12(9-16)10-17(11)14-3-2-4-15-13(14)7-8-18-15/h7-8,11-12,14H,2-6,9-10,16H2,1H3. The van der Waals surface area contributed by atoms with E-state index in [1.54, 1.807) is 0 Å². The minimum Gasteiger partial charge on any atom is -0.469 e. The van der Waals surface area contributed by atoms with Gasteiger partial charge in [0, 0.05) is 30.6 Å². The molecule has 3 unspecified atom stereocenters. The first-order valence-electron chi connectivity index (χ1n) is 7.31. The normalized spacial score (nSPS) is 33.3. The summed E-state index contributed by atoms with van der Waals surface area (Å²) in [5, 5.41) is 0. The van der Waals surface area contributed by atoms with E-state index in [-0.39, 0.29) is 0 Å². The Morgan fingerprint density at radius 3 is 3.11 bits per heavy atom. The first-order valence-corrected chi connectivity index (χ1v) is 7.31. The second kappa shape index (κ2) is 5.06. The van der Waals surface area contributed by atoms with E-state index in [0.717, 1.165) is 19.5 Å². The number of likely N-dealkylation sites (tertiary alicyclic amines) is 1. The molecule has 100 valence electrons. The van der Waals surface area contributed by atoms with Crippen LogP contribution in [0.5, 0.6) is 0 Å². The molecule has 0 saturated carbocycles. The first kappa shape index (κ1) is 12.2. The second-order valence-corrected chi connectivity index (χ2v) is 5.93. The monoisotopic (exact) mass is 248 g/mol. The molecule has 18 heavy (non-hydrogen) atoms. The van der Waals surface area contributed by atoms with E-state index in [0.29, 0.717) is 18.0 Å². The highest BCUT2D eigenvalue weighted by molar-refractivity contribution is 5.24. The van der Waals surface area contributed by atoms with Gasteiger partial charge in [-0.15, -0.1) is 0 Å². The predicted molar refractivity (Wildman–Crippen MR) is 72.3 cm³/mol. The van der Waals surface area contributed by atoms with Crippen LogP contribution in [0, 0.1) is 5.92 Å². The molecule has 1 aliphatic carbocycles. The van der Waals surface area contributed by atoms with Gasteiger partial charge in [-0.2, -0.15) is 0 Å². The largest absolute Gasteiger partial charge is 0.469 e. The molecule has 1 fully saturated rings. The zero-order chi connectivity index (χ0) is 12.5. The molecular formula is C15H24N2O. The fraction of sp³-hybridized carbons (Fsp3) is 0.733. The van der Waals surface area contributed by atoms with Crippen molar-refractivity contribution in [3.8, 4) is 0 Å². The van der Waals surface area contributed by atoms with Crippen LogP contribution in [0.2, 0.25) is 0 Å². The smallest absolute Gasteiger partial charge is 0.108 e. The molecule has 3 heteroatoms. The summed E-state index contributed by atoms with van der Waals surface area (Å²) in [7, 11) is 0. The molecule has 1 saturated heterocycles. The van der Waals surface area contributed by atoms with Gasteiger partial charge in [0.15, 0.2) is 0 Å². The molecule has 0 spiro atoms. The number of furan rings is 1. The van der Waals surface area contributed by atoms with Crippen LogP contribution >= 0.6 is 0 Å². The summed E-state index contributed by atoms with van der Waals surface area (Å²) in [5.74, 6) is 1.90. The van der Waals surface area contributed by atoms with E-state index < -0.39 is 0 Å². The van der Waals surface area contributed by atoms with Crippen molar-refractivity contribution in [2.24, 2.45) is 11.7 Å². The van der Waals surface area contributed by atoms with Gasteiger partial charge in [0.2, 0.25) is 0 Å². The van der Waals surface area contributed by atoms with E-state index in [9.17, 15) is 0 Å². The van der Waals surface area contributed by atoms with Gasteiger partial charge in [-0.25, -0.2) is 0 Å². The quantitative estimate of drug-likeness (QED) is 0.875. The number of aryl methyl sites for hydroxylation is 1. The molecule has 2 aliphatic rings. The third-order valence-electron chi connectivity index (χ3n) is 4.78. The molecule has 2 heterocycles. The maximum atomic E-state index is 5.87. The van der Waals surface area contributed by atoms with Gasteiger partial charge >= 0.3 is 0 Å². The van der Waals surface area contributed by atoms with Gasteiger partial charge < -0.3 is 10.2 Å². The van der Waals surface area contributed by atoms with Gasteiger partial charge in [-0.3, -0.25) is 4.90 Å². The minimum absolute atomic E-state index is 0.567. The van der Waals surface area contributed by atoms with Crippen molar-refractivity contribution in [2.75, 3.05) is 13.1 Å². The Morgan fingerprint density at radius 2 is 2.28 bits per heavy atom. The summed E-state index contributed by atoms with van der Waals surface area (Å²) in [6, 6.07) is 3.42. The zero-order valence-corrected chi connectivity index (χ0v) is 11.3. The number of hydrogen-bond acceptors (Lipinski definition) is 3. The van der Waals surface area contributed by atoms with Crippen molar-refractivity contribution < 1.29 is 4.42 Å². The molecule has 0 amide bonds. The predicted octanol–water partition coefficient (Wildman–Crippen LogP) is 2.72. The van der Waals surface area contributed by atoms with Gasteiger partial charge in [0.05, 0.1) is 6.26 Å². The topological polar surface area (TPSA) is 42.4 Å². The lowest BCUT2D eigenvalue weighted by atomic mass is 9.86. The fourth-order valence-corrected chi connectivity index (χ4v) is 3.65. The fourth-order valence-electron chi connectivity index (χ4n) is 3.65. The van der Waals surface area contributed by atoms with E-state index in [2.05, 4.69) is 17.9 Å². The number of nitrogens with zero attached hydrogens (tertiary/aromatic N) is 1. The number of hydrogen-bond donors (Lipinski definition) is 1. The molecule has 0 bridgehead atoms. The lowest BCUT2D eigenvalue weighted by molar-refractivity contribution is 0.0636. The maximum absolute atomic E-state index is 5.87. The Kier molecular flexibility index (Phi) is 3.44. The first-order chi connectivity index (χ1) is 8.79. The number of fused-ring (bicyclic) bond motifs is 1. The summed E-state index contributed by atoms with van der Waals surface area (Å²) in [5.41, 5.74) is 7.31. The van der Waals surface area contributed by atoms with Crippen LogP contribution in [0.3, 0.4) is 0 Å². The van der Waals surface area contributed by atoms with Gasteiger partial charge in [0.25, 0.3) is 0 Å². The summed E-state index contributed by atoms with van der Waals surface area (Å²) < 4.78 is 5.61. The van der Waals surface area contributed by atoms with Crippen molar-refractivity contribution in [3.05, 3.63) is 23.7 Å². The Labute approximate surface area is 109 Å². The van der Waals surface area contributed by atoms with E-state index in [4.69, 9.17) is 10.2 Å². The van der Waals surface area contributed by atoms with E-state index in [1.165, 1.54) is 37.0 Å². The van der Waals surface area contributed by atoms with Crippen LogP contribution in [0.15, 0.2) is 16.7 Å². The third kappa shape index (κ3) is 2.10. The van der Waals surface area contributed by atoms with Crippen molar-refractivity contribution in [3.63, 3.8) is 0 Å². The van der Waals surface area contributed by atoms with Crippen LogP contribution in [0.25, 0.3) is 0 Å². The molecule has 1 aliphatic heterocycles. The zero-order valence-electron chi connectivity index (χ0n) is 11.3. The van der Waals surface area contributed by atoms with E-state index >= 15 is 0 Å². The summed E-state index contributed by atoms with van der Waals surface area (Å²) in [6.07, 6.45) is 8.07. The Hall–Kier alpha value is -0.800. The second-order valence-electron chi connectivity index (χ2n) is 5.93. The molecule has 2 N–H and O–H groups in total. The highest BCUT2D eigenvalue weighted by Crippen LogP contribution is 2.38. The molecule has 3 atom stereocenters. The van der Waals surface area contributed by atoms with Gasteiger partial charge in [-0.05, 0) is 51.1 Å². The Balaban J connectivity index is 1.82. The summed E-state index contributed by atoms with van der Waals surface area (Å²) in [6.45, 7) is 4.35. The van der Waals surface area contributed by atoms with Crippen molar-refractivity contribution in [2.45, 2.75) is 51.1 Å². The SMILES string of the molecule is CC1CCC(CN)CN1C1CCCc2occc21. The van der Waals surface area contributed by atoms with Crippen LogP contribution in [0.4, 0.5) is 0 Å². The lowest BCUT2D eigenvalue weighted by Crippen LogP contribution is -2.46. The number of nitrogens with two attached hydrogens (primary N) is 1.